The van der Waals surface area contributed by atoms with Crippen molar-refractivity contribution in [1.29, 1.82) is 0 Å². The third kappa shape index (κ3) is 4.41. The fraction of sp³-hybridized carbons (Fsp3) is 0.375. The first-order valence-corrected chi connectivity index (χ1v) is 9.31. The summed E-state index contributed by atoms with van der Waals surface area (Å²) in [5, 5.41) is 6.78. The molecule has 124 valence electrons. The van der Waals surface area contributed by atoms with Gasteiger partial charge in [-0.15, -0.1) is 0 Å². The molecule has 0 saturated carbocycles. The van der Waals surface area contributed by atoms with Crippen LogP contribution in [0.5, 0.6) is 0 Å². The Balaban J connectivity index is 2.17. The SMILES string of the molecule is Cc1ccc(-c2cc(C(=O)NCCS(C)(=O)=O)nn2C)cc1C. The number of benzene rings is 1. The fourth-order valence-corrected chi connectivity index (χ4v) is 2.66. The molecule has 1 aromatic carbocycles. The van der Waals surface area contributed by atoms with E-state index in [0.717, 1.165) is 17.5 Å². The Morgan fingerprint density at radius 1 is 1.22 bits per heavy atom. The van der Waals surface area contributed by atoms with E-state index in [4.69, 9.17) is 0 Å². The predicted molar refractivity (Wildman–Crippen MR) is 90.2 cm³/mol. The lowest BCUT2D eigenvalue weighted by Crippen LogP contribution is -2.29. The van der Waals surface area contributed by atoms with Crippen LogP contribution in [-0.4, -0.2) is 42.7 Å². The molecule has 0 aliphatic rings. The third-order valence-corrected chi connectivity index (χ3v) is 4.62. The molecule has 1 amide bonds. The molecule has 0 aliphatic heterocycles. The Labute approximate surface area is 136 Å². The third-order valence-electron chi connectivity index (χ3n) is 3.67. The number of nitrogens with zero attached hydrogens (tertiary/aromatic N) is 2. The number of hydrogen-bond donors (Lipinski definition) is 1. The van der Waals surface area contributed by atoms with E-state index in [-0.39, 0.29) is 23.9 Å². The number of rotatable bonds is 5. The van der Waals surface area contributed by atoms with Crippen LogP contribution in [0.2, 0.25) is 0 Å². The second-order valence-corrected chi connectivity index (χ2v) is 7.98. The van der Waals surface area contributed by atoms with Crippen LogP contribution in [0.25, 0.3) is 11.3 Å². The molecule has 0 radical (unpaired) electrons. The minimum atomic E-state index is -3.10. The van der Waals surface area contributed by atoms with Crippen LogP contribution in [0.4, 0.5) is 0 Å². The number of aryl methyl sites for hydroxylation is 3. The van der Waals surface area contributed by atoms with Gasteiger partial charge in [-0.05, 0) is 37.1 Å². The lowest BCUT2D eigenvalue weighted by atomic mass is 10.0. The van der Waals surface area contributed by atoms with Crippen LogP contribution in [0.15, 0.2) is 24.3 Å². The first kappa shape index (κ1) is 17.2. The van der Waals surface area contributed by atoms with Crippen molar-refractivity contribution < 1.29 is 13.2 Å². The molecule has 0 spiro atoms. The number of carbonyl (C=O) groups is 1. The highest BCUT2D eigenvalue weighted by atomic mass is 32.2. The van der Waals surface area contributed by atoms with E-state index >= 15 is 0 Å². The van der Waals surface area contributed by atoms with Gasteiger partial charge in [0.05, 0.1) is 11.4 Å². The average Bonchev–Trinajstić information content (AvgIpc) is 2.82. The van der Waals surface area contributed by atoms with Crippen LogP contribution in [0.1, 0.15) is 21.6 Å². The van der Waals surface area contributed by atoms with E-state index in [1.165, 1.54) is 11.1 Å². The molecular weight excluding hydrogens is 314 g/mol. The minimum Gasteiger partial charge on any atom is -0.350 e. The second-order valence-electron chi connectivity index (χ2n) is 5.72. The molecule has 1 N–H and O–H groups in total. The molecule has 0 atom stereocenters. The molecular formula is C16H21N3O3S. The van der Waals surface area contributed by atoms with Gasteiger partial charge in [-0.3, -0.25) is 9.48 Å². The van der Waals surface area contributed by atoms with Crippen molar-refractivity contribution in [2.24, 2.45) is 7.05 Å². The highest BCUT2D eigenvalue weighted by molar-refractivity contribution is 7.90. The Morgan fingerprint density at radius 2 is 1.91 bits per heavy atom. The zero-order chi connectivity index (χ0) is 17.2. The number of amides is 1. The maximum absolute atomic E-state index is 12.1. The normalized spacial score (nSPS) is 11.5. The van der Waals surface area contributed by atoms with Crippen molar-refractivity contribution in [3.05, 3.63) is 41.1 Å². The monoisotopic (exact) mass is 335 g/mol. The van der Waals surface area contributed by atoms with Crippen molar-refractivity contribution in [1.82, 2.24) is 15.1 Å². The summed E-state index contributed by atoms with van der Waals surface area (Å²) in [7, 11) is -1.32. The first-order chi connectivity index (χ1) is 10.7. The van der Waals surface area contributed by atoms with Gasteiger partial charge in [0.15, 0.2) is 5.69 Å². The summed E-state index contributed by atoms with van der Waals surface area (Å²) in [5.74, 6) is -0.463. The predicted octanol–water partition coefficient (Wildman–Crippen LogP) is 1.48. The maximum atomic E-state index is 12.1. The molecule has 0 unspecified atom stereocenters. The number of nitrogens with one attached hydrogen (secondary N) is 1. The zero-order valence-electron chi connectivity index (χ0n) is 13.8. The molecule has 0 fully saturated rings. The van der Waals surface area contributed by atoms with Gasteiger partial charge in [0.25, 0.3) is 5.91 Å². The first-order valence-electron chi connectivity index (χ1n) is 7.25. The highest BCUT2D eigenvalue weighted by Crippen LogP contribution is 2.22. The Morgan fingerprint density at radius 3 is 2.52 bits per heavy atom. The summed E-state index contributed by atoms with van der Waals surface area (Å²) in [6.07, 6.45) is 1.14. The molecule has 0 bridgehead atoms. The van der Waals surface area contributed by atoms with Gasteiger partial charge in [-0.1, -0.05) is 12.1 Å². The van der Waals surface area contributed by atoms with Gasteiger partial charge < -0.3 is 5.32 Å². The molecule has 2 aromatic rings. The van der Waals surface area contributed by atoms with Crippen molar-refractivity contribution >= 4 is 15.7 Å². The molecule has 23 heavy (non-hydrogen) atoms. The van der Waals surface area contributed by atoms with Crippen molar-refractivity contribution in [3.8, 4) is 11.3 Å². The lowest BCUT2D eigenvalue weighted by molar-refractivity contribution is 0.0950. The molecule has 1 heterocycles. The number of sulfone groups is 1. The molecule has 6 nitrogen and oxygen atoms in total. The summed E-state index contributed by atoms with van der Waals surface area (Å²) >= 11 is 0. The van der Waals surface area contributed by atoms with E-state index < -0.39 is 9.84 Å². The topological polar surface area (TPSA) is 81.1 Å². The summed E-state index contributed by atoms with van der Waals surface area (Å²) in [5.41, 5.74) is 4.46. The van der Waals surface area contributed by atoms with Crippen LogP contribution >= 0.6 is 0 Å². The van der Waals surface area contributed by atoms with Crippen LogP contribution in [0.3, 0.4) is 0 Å². The second kappa shape index (κ2) is 6.54. The Kier molecular flexibility index (Phi) is 4.89. The van der Waals surface area contributed by atoms with Crippen LogP contribution in [-0.2, 0) is 16.9 Å². The highest BCUT2D eigenvalue weighted by Gasteiger charge is 2.14. The van der Waals surface area contributed by atoms with Gasteiger partial charge in [-0.2, -0.15) is 5.10 Å². The molecule has 7 heteroatoms. The summed E-state index contributed by atoms with van der Waals surface area (Å²) in [6, 6.07) is 7.78. The summed E-state index contributed by atoms with van der Waals surface area (Å²) < 4.78 is 23.8. The summed E-state index contributed by atoms with van der Waals surface area (Å²) in [6.45, 7) is 4.16. The standard InChI is InChI=1S/C16H21N3O3S/c1-11-5-6-13(9-12(11)2)15-10-14(18-19(15)3)16(20)17-7-8-23(4,21)22/h5-6,9-10H,7-8H2,1-4H3,(H,17,20). The lowest BCUT2D eigenvalue weighted by Gasteiger charge is -2.05. The van der Waals surface area contributed by atoms with E-state index in [1.807, 2.05) is 26.0 Å². The number of carbonyl (C=O) groups excluding carboxylic acids is 1. The van der Waals surface area contributed by atoms with Gasteiger partial charge in [-0.25, -0.2) is 8.42 Å². The average molecular weight is 335 g/mol. The summed E-state index contributed by atoms with van der Waals surface area (Å²) in [4.78, 5) is 12.1. The van der Waals surface area contributed by atoms with Crippen LogP contribution < -0.4 is 5.32 Å². The van der Waals surface area contributed by atoms with Crippen molar-refractivity contribution in [3.63, 3.8) is 0 Å². The van der Waals surface area contributed by atoms with Gasteiger partial charge in [0.2, 0.25) is 0 Å². The number of hydrogen-bond acceptors (Lipinski definition) is 4. The number of aromatic nitrogens is 2. The maximum Gasteiger partial charge on any atom is 0.271 e. The Bertz CT molecular complexity index is 838. The molecule has 0 saturated heterocycles. The molecule has 1 aromatic heterocycles. The van der Waals surface area contributed by atoms with Crippen molar-refractivity contribution in [2.45, 2.75) is 13.8 Å². The van der Waals surface area contributed by atoms with Gasteiger partial charge >= 0.3 is 0 Å². The van der Waals surface area contributed by atoms with Gasteiger partial charge in [0.1, 0.15) is 9.84 Å². The fourth-order valence-electron chi connectivity index (χ4n) is 2.19. The van der Waals surface area contributed by atoms with Crippen molar-refractivity contribution in [2.75, 3.05) is 18.6 Å². The van der Waals surface area contributed by atoms with E-state index in [9.17, 15) is 13.2 Å². The van der Waals surface area contributed by atoms with E-state index in [2.05, 4.69) is 16.5 Å². The Hall–Kier alpha value is -2.15. The van der Waals surface area contributed by atoms with E-state index in [1.54, 1.807) is 17.8 Å². The largest absolute Gasteiger partial charge is 0.350 e. The molecule has 0 aliphatic carbocycles. The van der Waals surface area contributed by atoms with Crippen LogP contribution in [0, 0.1) is 13.8 Å². The smallest absolute Gasteiger partial charge is 0.271 e. The quantitative estimate of drug-likeness (QED) is 0.897. The minimum absolute atomic E-state index is 0.0766. The van der Waals surface area contributed by atoms with Gasteiger partial charge in [0, 0.05) is 25.4 Å². The molecule has 2 rings (SSSR count). The zero-order valence-corrected chi connectivity index (χ0v) is 14.6. The van der Waals surface area contributed by atoms with E-state index in [0.29, 0.717) is 0 Å².